The van der Waals surface area contributed by atoms with Crippen LogP contribution in [0.3, 0.4) is 0 Å². The number of furan rings is 1. The lowest BCUT2D eigenvalue weighted by molar-refractivity contribution is -0.113. The fourth-order valence-corrected chi connectivity index (χ4v) is 4.11. The van der Waals surface area contributed by atoms with E-state index >= 15 is 0 Å². The molecule has 1 aliphatic rings. The molecule has 2 aromatic rings. The molecule has 0 bridgehead atoms. The topological polar surface area (TPSA) is 87.6 Å². The van der Waals surface area contributed by atoms with E-state index in [4.69, 9.17) is 9.15 Å². The molecular weight excluding hydrogens is 374 g/mol. The number of para-hydroxylation sites is 2. The Morgan fingerprint density at radius 3 is 2.79 bits per heavy atom. The van der Waals surface area contributed by atoms with Crippen molar-refractivity contribution >= 4 is 28.4 Å². The number of nitrogens with zero attached hydrogens (tertiary/aromatic N) is 2. The molecule has 7 heteroatoms. The van der Waals surface area contributed by atoms with Gasteiger partial charge < -0.3 is 14.5 Å². The van der Waals surface area contributed by atoms with Gasteiger partial charge in [0.15, 0.2) is 0 Å². The number of carbonyl (C=O) groups is 1. The summed E-state index contributed by atoms with van der Waals surface area (Å²) in [5.74, 6) is 0.479. The third-order valence-electron chi connectivity index (χ3n) is 4.46. The Morgan fingerprint density at radius 2 is 2.14 bits per heavy atom. The van der Waals surface area contributed by atoms with E-state index in [1.165, 1.54) is 11.8 Å². The second-order valence-corrected chi connectivity index (χ2v) is 7.42. The molecule has 1 unspecified atom stereocenters. The van der Waals surface area contributed by atoms with Gasteiger partial charge in [-0.25, -0.2) is 4.99 Å². The molecule has 6 nitrogen and oxygen atoms in total. The number of nitriles is 1. The van der Waals surface area contributed by atoms with Crippen molar-refractivity contribution in [3.63, 3.8) is 0 Å². The number of methoxy groups -OCH3 is 1. The summed E-state index contributed by atoms with van der Waals surface area (Å²) in [6, 6.07) is 13.0. The SMILES string of the molecule is CCSC1=NC(C)=C(C(=O)Nc2ccccc2OC)[C@@H](c2ccco2)C1C#N. The summed E-state index contributed by atoms with van der Waals surface area (Å²) >= 11 is 1.51. The van der Waals surface area contributed by atoms with Crippen LogP contribution in [0.15, 0.2) is 63.3 Å². The highest BCUT2D eigenvalue weighted by Gasteiger charge is 2.40. The van der Waals surface area contributed by atoms with Gasteiger partial charge in [-0.05, 0) is 36.9 Å². The van der Waals surface area contributed by atoms with Crippen LogP contribution in [0.25, 0.3) is 0 Å². The molecule has 144 valence electrons. The number of hydrogen-bond acceptors (Lipinski definition) is 6. The van der Waals surface area contributed by atoms with Crippen LogP contribution in [-0.4, -0.2) is 23.8 Å². The zero-order valence-electron chi connectivity index (χ0n) is 15.9. The maximum absolute atomic E-state index is 13.2. The van der Waals surface area contributed by atoms with Crippen molar-refractivity contribution in [2.75, 3.05) is 18.2 Å². The van der Waals surface area contributed by atoms with Crippen molar-refractivity contribution in [2.45, 2.75) is 19.8 Å². The monoisotopic (exact) mass is 395 g/mol. The van der Waals surface area contributed by atoms with Gasteiger partial charge in [-0.3, -0.25) is 4.79 Å². The maximum atomic E-state index is 13.2. The molecule has 28 heavy (non-hydrogen) atoms. The van der Waals surface area contributed by atoms with Crippen molar-refractivity contribution in [3.05, 3.63) is 59.7 Å². The Bertz CT molecular complexity index is 958. The van der Waals surface area contributed by atoms with Crippen LogP contribution >= 0.6 is 11.8 Å². The molecule has 0 aliphatic carbocycles. The average Bonchev–Trinajstić information content (AvgIpc) is 3.22. The number of anilines is 1. The first-order valence-corrected chi connectivity index (χ1v) is 9.88. The summed E-state index contributed by atoms with van der Waals surface area (Å²) in [6.45, 7) is 3.80. The van der Waals surface area contributed by atoms with Gasteiger partial charge in [0, 0.05) is 5.70 Å². The summed E-state index contributed by atoms with van der Waals surface area (Å²) in [7, 11) is 1.55. The molecule has 0 saturated heterocycles. The second kappa shape index (κ2) is 8.81. The van der Waals surface area contributed by atoms with Gasteiger partial charge in [0.1, 0.15) is 17.4 Å². The number of carbonyl (C=O) groups excluding carboxylic acids is 1. The van der Waals surface area contributed by atoms with Crippen LogP contribution in [0.1, 0.15) is 25.5 Å². The predicted molar refractivity (Wildman–Crippen MR) is 110 cm³/mol. The van der Waals surface area contributed by atoms with Gasteiger partial charge in [0.25, 0.3) is 5.91 Å². The molecule has 2 heterocycles. The molecular formula is C21H21N3O3S. The second-order valence-electron chi connectivity index (χ2n) is 6.14. The van der Waals surface area contributed by atoms with E-state index in [9.17, 15) is 10.1 Å². The molecule has 1 aliphatic heterocycles. The van der Waals surface area contributed by atoms with Crippen LogP contribution in [0.5, 0.6) is 5.75 Å². The van der Waals surface area contributed by atoms with E-state index in [0.29, 0.717) is 33.5 Å². The zero-order valence-corrected chi connectivity index (χ0v) is 16.7. The highest BCUT2D eigenvalue weighted by molar-refractivity contribution is 8.14. The summed E-state index contributed by atoms with van der Waals surface area (Å²) in [6.07, 6.45) is 1.55. The predicted octanol–water partition coefficient (Wildman–Crippen LogP) is 4.59. The lowest BCUT2D eigenvalue weighted by Crippen LogP contribution is -2.31. The molecule has 0 fully saturated rings. The van der Waals surface area contributed by atoms with Crippen LogP contribution in [-0.2, 0) is 4.79 Å². The number of rotatable bonds is 5. The number of thioether (sulfide) groups is 1. The van der Waals surface area contributed by atoms with Crippen LogP contribution in [0.4, 0.5) is 5.69 Å². The highest BCUT2D eigenvalue weighted by atomic mass is 32.2. The number of aliphatic imine (C=N–C) groups is 1. The zero-order chi connectivity index (χ0) is 20.1. The minimum atomic E-state index is -0.585. The number of allylic oxidation sites excluding steroid dienone is 1. The minimum absolute atomic E-state index is 0.326. The lowest BCUT2D eigenvalue weighted by Gasteiger charge is -2.28. The smallest absolute Gasteiger partial charge is 0.254 e. The molecule has 3 rings (SSSR count). The number of benzene rings is 1. The van der Waals surface area contributed by atoms with Crippen molar-refractivity contribution in [2.24, 2.45) is 10.9 Å². The van der Waals surface area contributed by atoms with Gasteiger partial charge in [-0.15, -0.1) is 11.8 Å². The molecule has 0 saturated carbocycles. The van der Waals surface area contributed by atoms with E-state index in [2.05, 4.69) is 16.4 Å². The van der Waals surface area contributed by atoms with Gasteiger partial charge in [0.05, 0.1) is 41.7 Å². The van der Waals surface area contributed by atoms with Crippen molar-refractivity contribution in [1.82, 2.24) is 0 Å². The number of amides is 1. The van der Waals surface area contributed by atoms with Crippen LogP contribution in [0, 0.1) is 17.2 Å². The first-order chi connectivity index (χ1) is 13.6. The Morgan fingerprint density at radius 1 is 1.36 bits per heavy atom. The third-order valence-corrected chi connectivity index (χ3v) is 5.39. The summed E-state index contributed by atoms with van der Waals surface area (Å²) in [5, 5.41) is 13.5. The molecule has 2 atom stereocenters. The molecule has 0 spiro atoms. The Hall–Kier alpha value is -2.98. The standard InChI is InChI=1S/C21H21N3O3S/c1-4-28-21-14(12-22)19(17-10-7-11-27-17)18(13(2)23-21)20(25)24-15-8-5-6-9-16(15)26-3/h5-11,14,19H,4H2,1-3H3,(H,24,25)/t14?,19-/m1/s1. The number of hydrogen-bond donors (Lipinski definition) is 1. The Balaban J connectivity index is 2.05. The van der Waals surface area contributed by atoms with Gasteiger partial charge in [-0.1, -0.05) is 19.1 Å². The summed E-state index contributed by atoms with van der Waals surface area (Å²) in [4.78, 5) is 17.8. The van der Waals surface area contributed by atoms with Crippen LogP contribution in [0.2, 0.25) is 0 Å². The number of ether oxygens (including phenoxy) is 1. The largest absolute Gasteiger partial charge is 0.495 e. The first kappa shape index (κ1) is 19.8. The Kier molecular flexibility index (Phi) is 6.22. The van der Waals surface area contributed by atoms with E-state index < -0.39 is 11.8 Å². The average molecular weight is 395 g/mol. The fraction of sp³-hybridized carbons (Fsp3) is 0.286. The Labute approximate surface area is 168 Å². The summed E-state index contributed by atoms with van der Waals surface area (Å²) < 4.78 is 10.9. The maximum Gasteiger partial charge on any atom is 0.254 e. The molecule has 1 amide bonds. The van der Waals surface area contributed by atoms with Gasteiger partial charge >= 0.3 is 0 Å². The number of nitrogens with one attached hydrogen (secondary N) is 1. The van der Waals surface area contributed by atoms with Crippen molar-refractivity contribution in [1.29, 1.82) is 5.26 Å². The quantitative estimate of drug-likeness (QED) is 0.800. The first-order valence-electron chi connectivity index (χ1n) is 8.90. The van der Waals surface area contributed by atoms with E-state index in [0.717, 1.165) is 5.75 Å². The van der Waals surface area contributed by atoms with E-state index in [1.807, 2.05) is 19.1 Å². The fourth-order valence-electron chi connectivity index (χ4n) is 3.25. The van der Waals surface area contributed by atoms with E-state index in [1.54, 1.807) is 44.6 Å². The van der Waals surface area contributed by atoms with Gasteiger partial charge in [0.2, 0.25) is 0 Å². The molecule has 1 aromatic heterocycles. The van der Waals surface area contributed by atoms with Gasteiger partial charge in [-0.2, -0.15) is 5.26 Å². The highest BCUT2D eigenvalue weighted by Crippen LogP contribution is 2.41. The lowest BCUT2D eigenvalue weighted by atomic mass is 9.81. The van der Waals surface area contributed by atoms with E-state index in [-0.39, 0.29) is 5.91 Å². The van der Waals surface area contributed by atoms with Crippen molar-refractivity contribution < 1.29 is 13.9 Å². The van der Waals surface area contributed by atoms with Crippen LogP contribution < -0.4 is 10.1 Å². The van der Waals surface area contributed by atoms with Crippen molar-refractivity contribution in [3.8, 4) is 11.8 Å². The summed E-state index contributed by atoms with van der Waals surface area (Å²) in [5.41, 5.74) is 1.56. The molecule has 1 N–H and O–H groups in total. The molecule has 1 aromatic carbocycles. The third kappa shape index (κ3) is 3.82. The normalized spacial score (nSPS) is 19.0. The minimum Gasteiger partial charge on any atom is -0.495 e. The molecule has 0 radical (unpaired) electrons.